The van der Waals surface area contributed by atoms with Gasteiger partial charge in [-0.25, -0.2) is 4.79 Å². The van der Waals surface area contributed by atoms with Gasteiger partial charge >= 0.3 is 6.03 Å². The Morgan fingerprint density at radius 2 is 1.74 bits per heavy atom. The molecule has 3 N–H and O–H groups in total. The number of amides is 2. The maximum absolute atomic E-state index is 11.4. The second-order valence-corrected chi connectivity index (χ2v) is 4.74. The van der Waals surface area contributed by atoms with Gasteiger partial charge in [0.05, 0.1) is 6.10 Å². The van der Waals surface area contributed by atoms with E-state index in [2.05, 4.69) is 41.8 Å². The predicted molar refractivity (Wildman–Crippen MR) is 77.2 cm³/mol. The highest BCUT2D eigenvalue weighted by Gasteiger charge is 2.01. The molecule has 19 heavy (non-hydrogen) atoms. The minimum Gasteiger partial charge on any atom is -0.393 e. The van der Waals surface area contributed by atoms with Crippen LogP contribution in [0.2, 0.25) is 0 Å². The van der Waals surface area contributed by atoms with Crippen molar-refractivity contribution in [2.45, 2.75) is 39.2 Å². The zero-order valence-corrected chi connectivity index (χ0v) is 11.8. The highest BCUT2D eigenvalue weighted by Crippen LogP contribution is 2.05. The third-order valence-corrected chi connectivity index (χ3v) is 2.98. The minimum atomic E-state index is -0.377. The average molecular weight is 264 g/mol. The Hall–Kier alpha value is -1.55. The van der Waals surface area contributed by atoms with Gasteiger partial charge in [0.15, 0.2) is 0 Å². The molecule has 4 nitrogen and oxygen atoms in total. The zero-order chi connectivity index (χ0) is 14.1. The second-order valence-electron chi connectivity index (χ2n) is 4.74. The van der Waals surface area contributed by atoms with Crippen LogP contribution in [0.15, 0.2) is 24.3 Å². The van der Waals surface area contributed by atoms with Crippen LogP contribution >= 0.6 is 0 Å². The number of urea groups is 1. The Kier molecular flexibility index (Phi) is 6.97. The van der Waals surface area contributed by atoms with Gasteiger partial charge in [0, 0.05) is 13.1 Å². The normalized spacial score (nSPS) is 11.9. The van der Waals surface area contributed by atoms with Gasteiger partial charge in [0.25, 0.3) is 0 Å². The first-order chi connectivity index (χ1) is 9.11. The van der Waals surface area contributed by atoms with E-state index >= 15 is 0 Å². The number of carbonyl (C=O) groups is 1. The van der Waals surface area contributed by atoms with E-state index in [9.17, 15) is 4.79 Å². The molecule has 0 radical (unpaired) electrons. The van der Waals surface area contributed by atoms with Gasteiger partial charge in [-0.3, -0.25) is 0 Å². The molecule has 1 aromatic carbocycles. The van der Waals surface area contributed by atoms with Gasteiger partial charge in [-0.1, -0.05) is 31.2 Å². The van der Waals surface area contributed by atoms with Crippen LogP contribution in [-0.2, 0) is 12.8 Å². The summed E-state index contributed by atoms with van der Waals surface area (Å²) in [6.45, 7) is 4.95. The Morgan fingerprint density at radius 3 is 2.32 bits per heavy atom. The van der Waals surface area contributed by atoms with E-state index in [1.165, 1.54) is 11.1 Å². The van der Waals surface area contributed by atoms with Crippen LogP contribution in [-0.4, -0.2) is 30.3 Å². The first-order valence-electron chi connectivity index (χ1n) is 6.89. The number of rotatable bonds is 7. The van der Waals surface area contributed by atoms with E-state index in [1.807, 2.05) is 0 Å². The lowest BCUT2D eigenvalue weighted by Crippen LogP contribution is -2.37. The van der Waals surface area contributed by atoms with Gasteiger partial charge in [-0.05, 0) is 37.3 Å². The lowest BCUT2D eigenvalue weighted by Gasteiger charge is -2.09. The molecule has 0 aliphatic heterocycles. The number of aryl methyl sites for hydroxylation is 1. The van der Waals surface area contributed by atoms with Gasteiger partial charge < -0.3 is 15.7 Å². The number of hydrogen-bond donors (Lipinski definition) is 3. The molecule has 4 heteroatoms. The van der Waals surface area contributed by atoms with Crippen LogP contribution in [0.25, 0.3) is 0 Å². The lowest BCUT2D eigenvalue weighted by molar-refractivity contribution is 0.183. The van der Waals surface area contributed by atoms with E-state index in [0.29, 0.717) is 19.5 Å². The largest absolute Gasteiger partial charge is 0.393 e. The molecule has 0 fully saturated rings. The quantitative estimate of drug-likeness (QED) is 0.704. The molecular formula is C15H24N2O2. The summed E-state index contributed by atoms with van der Waals surface area (Å²) in [7, 11) is 0. The van der Waals surface area contributed by atoms with Crippen LogP contribution in [0.5, 0.6) is 0 Å². The molecule has 0 heterocycles. The Labute approximate surface area is 115 Å². The highest BCUT2D eigenvalue weighted by molar-refractivity contribution is 5.73. The monoisotopic (exact) mass is 264 g/mol. The summed E-state index contributed by atoms with van der Waals surface area (Å²) in [5.74, 6) is 0. The summed E-state index contributed by atoms with van der Waals surface area (Å²) in [4.78, 5) is 11.4. The van der Waals surface area contributed by atoms with E-state index in [-0.39, 0.29) is 12.1 Å². The maximum atomic E-state index is 11.4. The highest BCUT2D eigenvalue weighted by atomic mass is 16.3. The van der Waals surface area contributed by atoms with Crippen molar-refractivity contribution in [2.75, 3.05) is 13.1 Å². The van der Waals surface area contributed by atoms with Gasteiger partial charge in [0.2, 0.25) is 0 Å². The number of benzene rings is 1. The molecule has 1 rings (SSSR count). The molecule has 0 spiro atoms. The number of nitrogens with one attached hydrogen (secondary N) is 2. The number of aliphatic hydroxyl groups is 1. The summed E-state index contributed by atoms with van der Waals surface area (Å²) in [5.41, 5.74) is 2.55. The van der Waals surface area contributed by atoms with Crippen LogP contribution < -0.4 is 10.6 Å². The molecule has 1 aromatic rings. The summed E-state index contributed by atoms with van der Waals surface area (Å²) < 4.78 is 0. The Balaban J connectivity index is 2.16. The van der Waals surface area contributed by atoms with E-state index in [4.69, 9.17) is 5.11 Å². The average Bonchev–Trinajstić information content (AvgIpc) is 2.39. The fourth-order valence-electron chi connectivity index (χ4n) is 1.72. The first kappa shape index (κ1) is 15.5. The van der Waals surface area contributed by atoms with Gasteiger partial charge in [0.1, 0.15) is 0 Å². The third kappa shape index (κ3) is 6.82. The van der Waals surface area contributed by atoms with Gasteiger partial charge in [-0.2, -0.15) is 0 Å². The van der Waals surface area contributed by atoms with Crippen LogP contribution in [0.1, 0.15) is 31.4 Å². The van der Waals surface area contributed by atoms with Crippen LogP contribution in [0.4, 0.5) is 4.79 Å². The van der Waals surface area contributed by atoms with E-state index in [0.717, 1.165) is 12.8 Å². The van der Waals surface area contributed by atoms with Crippen molar-refractivity contribution in [3.63, 3.8) is 0 Å². The number of carbonyl (C=O) groups excluding carboxylic acids is 1. The number of hydrogen-bond acceptors (Lipinski definition) is 2. The third-order valence-electron chi connectivity index (χ3n) is 2.98. The van der Waals surface area contributed by atoms with Crippen molar-refractivity contribution in [1.82, 2.24) is 10.6 Å². The van der Waals surface area contributed by atoms with Crippen molar-refractivity contribution in [1.29, 1.82) is 0 Å². The predicted octanol–water partition coefficient (Wildman–Crippen LogP) is 1.86. The van der Waals surface area contributed by atoms with Crippen molar-refractivity contribution in [3.8, 4) is 0 Å². The van der Waals surface area contributed by atoms with Crippen LogP contribution in [0, 0.1) is 0 Å². The molecule has 0 aromatic heterocycles. The summed E-state index contributed by atoms with van der Waals surface area (Å²) in [5, 5.41) is 14.6. The smallest absolute Gasteiger partial charge is 0.314 e. The maximum Gasteiger partial charge on any atom is 0.314 e. The molecule has 0 bridgehead atoms. The molecule has 0 saturated carbocycles. The molecule has 106 valence electrons. The summed E-state index contributed by atoms with van der Waals surface area (Å²) >= 11 is 0. The van der Waals surface area contributed by atoms with E-state index in [1.54, 1.807) is 6.92 Å². The van der Waals surface area contributed by atoms with E-state index < -0.39 is 0 Å². The molecule has 0 saturated heterocycles. The van der Waals surface area contributed by atoms with Crippen LogP contribution in [0.3, 0.4) is 0 Å². The van der Waals surface area contributed by atoms with Crippen molar-refractivity contribution < 1.29 is 9.90 Å². The number of aliphatic hydroxyl groups excluding tert-OH is 1. The molecular weight excluding hydrogens is 240 g/mol. The molecule has 1 atom stereocenters. The fourth-order valence-corrected chi connectivity index (χ4v) is 1.72. The minimum absolute atomic E-state index is 0.175. The fraction of sp³-hybridized carbons (Fsp3) is 0.533. The van der Waals surface area contributed by atoms with Crippen molar-refractivity contribution in [3.05, 3.63) is 35.4 Å². The Morgan fingerprint density at radius 1 is 1.16 bits per heavy atom. The summed E-state index contributed by atoms with van der Waals surface area (Å²) in [6, 6.07) is 8.28. The standard InChI is InChI=1S/C15H24N2O2/c1-3-13-4-6-14(7-5-13)9-11-17-15(19)16-10-8-12(2)18/h4-7,12,18H,3,8-11H2,1-2H3,(H2,16,17,19). The Bertz CT molecular complexity index is 374. The molecule has 0 aliphatic rings. The second kappa shape index (κ2) is 8.53. The van der Waals surface area contributed by atoms with Crippen molar-refractivity contribution in [2.24, 2.45) is 0 Å². The molecule has 1 unspecified atom stereocenters. The summed E-state index contributed by atoms with van der Waals surface area (Å²) in [6.07, 6.45) is 2.07. The van der Waals surface area contributed by atoms with Crippen molar-refractivity contribution >= 4 is 6.03 Å². The SMILES string of the molecule is CCc1ccc(CCNC(=O)NCCC(C)O)cc1. The van der Waals surface area contributed by atoms with Gasteiger partial charge in [-0.15, -0.1) is 0 Å². The molecule has 0 aliphatic carbocycles. The first-order valence-corrected chi connectivity index (χ1v) is 6.89. The zero-order valence-electron chi connectivity index (χ0n) is 11.8. The lowest BCUT2D eigenvalue weighted by atomic mass is 10.1. The topological polar surface area (TPSA) is 61.4 Å². The molecule has 2 amide bonds.